The van der Waals surface area contributed by atoms with Crippen LogP contribution in [0.5, 0.6) is 0 Å². The Kier molecular flexibility index (Phi) is 12.5. The molecule has 1 unspecified atom stereocenters. The molecule has 2 heteroatoms. The third-order valence-electron chi connectivity index (χ3n) is 2.75. The van der Waals surface area contributed by atoms with Crippen LogP contribution in [0.1, 0.15) is 58.8 Å². The van der Waals surface area contributed by atoms with Crippen LogP contribution in [0.25, 0.3) is 0 Å². The van der Waals surface area contributed by atoms with E-state index in [4.69, 9.17) is 16.3 Å². The molecule has 0 aliphatic carbocycles. The van der Waals surface area contributed by atoms with Crippen molar-refractivity contribution in [3.05, 3.63) is 0 Å². The lowest BCUT2D eigenvalue weighted by Gasteiger charge is -2.09. The van der Waals surface area contributed by atoms with Gasteiger partial charge in [0.05, 0.1) is 0 Å². The van der Waals surface area contributed by atoms with Gasteiger partial charge in [-0.3, -0.25) is 0 Å². The van der Waals surface area contributed by atoms with Crippen LogP contribution in [0.2, 0.25) is 0 Å². The maximum absolute atomic E-state index is 5.67. The van der Waals surface area contributed by atoms with Gasteiger partial charge in [-0.25, -0.2) is 0 Å². The first-order chi connectivity index (χ1) is 7.31. The molecule has 92 valence electrons. The number of unbranched alkanes of at least 4 members (excludes halogenated alkanes) is 4. The standard InChI is InChI=1S/C13H27ClO/c1-3-4-5-6-7-11-15-12-9-13(2)8-10-14/h13H,3-12H2,1-2H3. The molecule has 0 aromatic heterocycles. The number of hydrogen-bond acceptors (Lipinski definition) is 1. The fraction of sp³-hybridized carbons (Fsp3) is 1.00. The van der Waals surface area contributed by atoms with E-state index in [1.807, 2.05) is 0 Å². The minimum absolute atomic E-state index is 0.711. The van der Waals surface area contributed by atoms with Crippen molar-refractivity contribution in [2.24, 2.45) is 5.92 Å². The molecule has 0 N–H and O–H groups in total. The smallest absolute Gasteiger partial charge is 0.0468 e. The van der Waals surface area contributed by atoms with Crippen molar-refractivity contribution in [2.45, 2.75) is 58.8 Å². The first-order valence-electron chi connectivity index (χ1n) is 6.45. The summed E-state index contributed by atoms with van der Waals surface area (Å²) in [6.45, 7) is 6.34. The minimum Gasteiger partial charge on any atom is -0.381 e. The lowest BCUT2D eigenvalue weighted by atomic mass is 10.1. The lowest BCUT2D eigenvalue weighted by molar-refractivity contribution is 0.117. The van der Waals surface area contributed by atoms with Gasteiger partial charge in [-0.05, 0) is 25.2 Å². The first kappa shape index (κ1) is 15.2. The number of alkyl halides is 1. The summed E-state index contributed by atoms with van der Waals surface area (Å²) in [7, 11) is 0. The van der Waals surface area contributed by atoms with Crippen LogP contribution in [0, 0.1) is 5.92 Å². The highest BCUT2D eigenvalue weighted by atomic mass is 35.5. The molecule has 15 heavy (non-hydrogen) atoms. The Morgan fingerprint density at radius 2 is 1.73 bits per heavy atom. The van der Waals surface area contributed by atoms with Gasteiger partial charge in [0, 0.05) is 19.1 Å². The van der Waals surface area contributed by atoms with Crippen LogP contribution in [0.15, 0.2) is 0 Å². The van der Waals surface area contributed by atoms with Crippen LogP contribution in [-0.2, 0) is 4.74 Å². The Labute approximate surface area is 101 Å². The summed E-state index contributed by atoms with van der Waals surface area (Å²) in [5.41, 5.74) is 0. The second-order valence-electron chi connectivity index (χ2n) is 4.40. The summed E-state index contributed by atoms with van der Waals surface area (Å²) in [5, 5.41) is 0. The Hall–Kier alpha value is 0.250. The predicted octanol–water partition coefficient (Wildman–Crippen LogP) is 4.63. The molecule has 0 bridgehead atoms. The normalized spacial score (nSPS) is 13.0. The van der Waals surface area contributed by atoms with Gasteiger partial charge >= 0.3 is 0 Å². The SMILES string of the molecule is CCCCCCCOCCC(C)CCCl. The molecule has 0 heterocycles. The summed E-state index contributed by atoms with van der Waals surface area (Å²) in [6, 6.07) is 0. The van der Waals surface area contributed by atoms with Gasteiger partial charge in [0.2, 0.25) is 0 Å². The van der Waals surface area contributed by atoms with Crippen molar-refractivity contribution >= 4 is 11.6 Å². The molecule has 0 aliphatic heterocycles. The van der Waals surface area contributed by atoms with Crippen LogP contribution in [-0.4, -0.2) is 19.1 Å². The topological polar surface area (TPSA) is 9.23 Å². The van der Waals surface area contributed by atoms with Crippen LogP contribution in [0.4, 0.5) is 0 Å². The van der Waals surface area contributed by atoms with E-state index in [1.54, 1.807) is 0 Å². The third kappa shape index (κ3) is 12.2. The molecule has 0 radical (unpaired) electrons. The molecule has 0 amide bonds. The summed E-state index contributed by atoms with van der Waals surface area (Å²) in [4.78, 5) is 0. The molecule has 0 aromatic rings. The molecule has 0 spiro atoms. The maximum atomic E-state index is 5.67. The van der Waals surface area contributed by atoms with Gasteiger partial charge in [-0.1, -0.05) is 39.5 Å². The highest BCUT2D eigenvalue weighted by molar-refractivity contribution is 6.17. The molecule has 0 fully saturated rings. The summed E-state index contributed by atoms with van der Waals surface area (Å²) in [5.74, 6) is 1.49. The van der Waals surface area contributed by atoms with Gasteiger partial charge in [0.25, 0.3) is 0 Å². The van der Waals surface area contributed by atoms with E-state index in [0.29, 0.717) is 5.92 Å². The minimum atomic E-state index is 0.711. The molecule has 0 saturated carbocycles. The molecule has 1 atom stereocenters. The lowest BCUT2D eigenvalue weighted by Crippen LogP contribution is -2.03. The van der Waals surface area contributed by atoms with Crippen molar-refractivity contribution in [3.8, 4) is 0 Å². The molecule has 0 aliphatic rings. The third-order valence-corrected chi connectivity index (χ3v) is 2.97. The Morgan fingerprint density at radius 3 is 2.40 bits per heavy atom. The molecular formula is C13H27ClO. The molecular weight excluding hydrogens is 208 g/mol. The maximum Gasteiger partial charge on any atom is 0.0468 e. The van der Waals surface area contributed by atoms with Gasteiger partial charge in [0.15, 0.2) is 0 Å². The zero-order chi connectivity index (χ0) is 11.4. The van der Waals surface area contributed by atoms with E-state index in [0.717, 1.165) is 31.9 Å². The first-order valence-corrected chi connectivity index (χ1v) is 6.98. The van der Waals surface area contributed by atoms with Crippen molar-refractivity contribution in [2.75, 3.05) is 19.1 Å². The van der Waals surface area contributed by atoms with Gasteiger partial charge in [-0.2, -0.15) is 0 Å². The van der Waals surface area contributed by atoms with Crippen molar-refractivity contribution in [3.63, 3.8) is 0 Å². The fourth-order valence-electron chi connectivity index (χ4n) is 1.52. The van der Waals surface area contributed by atoms with Crippen LogP contribution < -0.4 is 0 Å². The Balaban J connectivity index is 2.98. The van der Waals surface area contributed by atoms with Crippen molar-refractivity contribution < 1.29 is 4.74 Å². The molecule has 0 aromatic carbocycles. The predicted molar refractivity (Wildman–Crippen MR) is 68.7 cm³/mol. The summed E-state index contributed by atoms with van der Waals surface area (Å²) < 4.78 is 5.59. The second kappa shape index (κ2) is 12.3. The fourth-order valence-corrected chi connectivity index (χ4v) is 1.90. The molecule has 0 rings (SSSR count). The number of hydrogen-bond donors (Lipinski definition) is 0. The zero-order valence-corrected chi connectivity index (χ0v) is 11.2. The van der Waals surface area contributed by atoms with E-state index in [9.17, 15) is 0 Å². The number of rotatable bonds is 11. The van der Waals surface area contributed by atoms with Crippen molar-refractivity contribution in [1.29, 1.82) is 0 Å². The highest BCUT2D eigenvalue weighted by Gasteiger charge is 2.00. The van der Waals surface area contributed by atoms with E-state index in [-0.39, 0.29) is 0 Å². The van der Waals surface area contributed by atoms with Gasteiger partial charge in [0.1, 0.15) is 0 Å². The second-order valence-corrected chi connectivity index (χ2v) is 4.78. The van der Waals surface area contributed by atoms with E-state index in [1.165, 1.54) is 32.1 Å². The Morgan fingerprint density at radius 1 is 1.00 bits per heavy atom. The van der Waals surface area contributed by atoms with Gasteiger partial charge in [-0.15, -0.1) is 11.6 Å². The Bertz CT molecular complexity index is 117. The number of halogens is 1. The van der Waals surface area contributed by atoms with E-state index < -0.39 is 0 Å². The van der Waals surface area contributed by atoms with E-state index in [2.05, 4.69) is 13.8 Å². The highest BCUT2D eigenvalue weighted by Crippen LogP contribution is 2.08. The average molecular weight is 235 g/mol. The number of ether oxygens (including phenoxy) is 1. The monoisotopic (exact) mass is 234 g/mol. The van der Waals surface area contributed by atoms with Crippen LogP contribution in [0.3, 0.4) is 0 Å². The zero-order valence-electron chi connectivity index (χ0n) is 10.4. The largest absolute Gasteiger partial charge is 0.381 e. The van der Waals surface area contributed by atoms with Gasteiger partial charge < -0.3 is 4.74 Å². The molecule has 1 nitrogen and oxygen atoms in total. The van der Waals surface area contributed by atoms with E-state index >= 15 is 0 Å². The summed E-state index contributed by atoms with van der Waals surface area (Å²) in [6.07, 6.45) is 8.87. The summed E-state index contributed by atoms with van der Waals surface area (Å²) >= 11 is 5.67. The molecule has 0 saturated heterocycles. The van der Waals surface area contributed by atoms with Crippen LogP contribution >= 0.6 is 11.6 Å². The average Bonchev–Trinajstić information content (AvgIpc) is 2.22. The quantitative estimate of drug-likeness (QED) is 0.374. The van der Waals surface area contributed by atoms with Crippen molar-refractivity contribution in [1.82, 2.24) is 0 Å².